The van der Waals surface area contributed by atoms with Crippen LogP contribution in [0.3, 0.4) is 0 Å². The van der Waals surface area contributed by atoms with Gasteiger partial charge in [0.15, 0.2) is 0 Å². The molecule has 1 atom stereocenters. The number of halogens is 1. The Hall–Kier alpha value is -0.580. The van der Waals surface area contributed by atoms with Gasteiger partial charge in [-0.25, -0.2) is 0 Å². The summed E-state index contributed by atoms with van der Waals surface area (Å²) < 4.78 is 1.92. The summed E-state index contributed by atoms with van der Waals surface area (Å²) in [4.78, 5) is 2.52. The molecule has 0 amide bonds. The summed E-state index contributed by atoms with van der Waals surface area (Å²) in [5.74, 6) is 0. The van der Waals surface area contributed by atoms with Gasteiger partial charge in [-0.1, -0.05) is 24.4 Å². The molecule has 0 bridgehead atoms. The fourth-order valence-corrected chi connectivity index (χ4v) is 3.37. The predicted molar refractivity (Wildman–Crippen MR) is 84.0 cm³/mol. The highest BCUT2D eigenvalue weighted by Gasteiger charge is 2.37. The van der Waals surface area contributed by atoms with Gasteiger partial charge in [0.2, 0.25) is 0 Å². The Morgan fingerprint density at radius 3 is 2.45 bits per heavy atom. The summed E-state index contributed by atoms with van der Waals surface area (Å²) in [6.45, 7) is 9.57. The SMILES string of the molecule is CCn1ncc(Cl)c1C(N)C(C)(C)N1CCCCCC1. The van der Waals surface area contributed by atoms with E-state index >= 15 is 0 Å². The first kappa shape index (κ1) is 15.8. The molecule has 1 aliphatic heterocycles. The normalized spacial score (nSPS) is 19.9. The molecule has 0 radical (unpaired) electrons. The summed E-state index contributed by atoms with van der Waals surface area (Å²) in [5, 5.41) is 5.00. The van der Waals surface area contributed by atoms with Crippen LogP contribution in [0.25, 0.3) is 0 Å². The monoisotopic (exact) mass is 298 g/mol. The number of aromatic nitrogens is 2. The van der Waals surface area contributed by atoms with E-state index in [9.17, 15) is 0 Å². The zero-order valence-corrected chi connectivity index (χ0v) is 13.7. The van der Waals surface area contributed by atoms with Gasteiger partial charge in [0.1, 0.15) is 0 Å². The Morgan fingerprint density at radius 2 is 1.90 bits per heavy atom. The molecule has 0 aliphatic carbocycles. The molecule has 1 saturated heterocycles. The minimum Gasteiger partial charge on any atom is -0.321 e. The van der Waals surface area contributed by atoms with Gasteiger partial charge in [0.05, 0.1) is 23.0 Å². The van der Waals surface area contributed by atoms with Crippen molar-refractivity contribution >= 4 is 11.6 Å². The second-order valence-corrected chi connectivity index (χ2v) is 6.63. The molecule has 1 aromatic rings. The molecule has 1 unspecified atom stereocenters. The first-order valence-corrected chi connectivity index (χ1v) is 8.08. The fourth-order valence-electron chi connectivity index (χ4n) is 3.11. The first-order chi connectivity index (χ1) is 9.48. The lowest BCUT2D eigenvalue weighted by atomic mass is 9.90. The van der Waals surface area contributed by atoms with Crippen LogP contribution in [0.4, 0.5) is 0 Å². The summed E-state index contributed by atoms with van der Waals surface area (Å²) in [7, 11) is 0. The third-order valence-electron chi connectivity index (χ3n) is 4.61. The van der Waals surface area contributed by atoms with Gasteiger partial charge in [-0.2, -0.15) is 5.10 Å². The van der Waals surface area contributed by atoms with Crippen LogP contribution in [-0.2, 0) is 6.54 Å². The minimum atomic E-state index is -0.129. The van der Waals surface area contributed by atoms with E-state index in [-0.39, 0.29) is 11.6 Å². The maximum Gasteiger partial charge on any atom is 0.0834 e. The van der Waals surface area contributed by atoms with Crippen molar-refractivity contribution in [3.63, 3.8) is 0 Å². The molecular formula is C15H27ClN4. The zero-order valence-electron chi connectivity index (χ0n) is 12.9. The van der Waals surface area contributed by atoms with E-state index in [1.165, 1.54) is 25.7 Å². The summed E-state index contributed by atoms with van der Waals surface area (Å²) >= 11 is 6.31. The third kappa shape index (κ3) is 3.02. The second-order valence-electron chi connectivity index (χ2n) is 6.23. The van der Waals surface area contributed by atoms with E-state index in [4.69, 9.17) is 17.3 Å². The van der Waals surface area contributed by atoms with Crippen LogP contribution < -0.4 is 5.73 Å². The number of rotatable bonds is 4. The van der Waals surface area contributed by atoms with E-state index in [2.05, 4.69) is 30.8 Å². The molecule has 0 aromatic carbocycles. The van der Waals surface area contributed by atoms with Gasteiger partial charge in [-0.05, 0) is 46.7 Å². The van der Waals surface area contributed by atoms with Crippen LogP contribution in [0.5, 0.6) is 0 Å². The van der Waals surface area contributed by atoms with Crippen molar-refractivity contribution in [2.75, 3.05) is 13.1 Å². The smallest absolute Gasteiger partial charge is 0.0834 e. The predicted octanol–water partition coefficient (Wildman–Crippen LogP) is 3.21. The second kappa shape index (κ2) is 6.46. The molecular weight excluding hydrogens is 272 g/mol. The quantitative estimate of drug-likeness (QED) is 0.928. The lowest BCUT2D eigenvalue weighted by Gasteiger charge is -2.42. The topological polar surface area (TPSA) is 47.1 Å². The molecule has 2 heterocycles. The third-order valence-corrected chi connectivity index (χ3v) is 4.90. The summed E-state index contributed by atoms with van der Waals surface area (Å²) in [6.07, 6.45) is 6.89. The summed E-state index contributed by atoms with van der Waals surface area (Å²) in [6, 6.07) is -0.129. The summed E-state index contributed by atoms with van der Waals surface area (Å²) in [5.41, 5.74) is 7.44. The first-order valence-electron chi connectivity index (χ1n) is 7.70. The van der Waals surface area contributed by atoms with Crippen molar-refractivity contribution in [2.24, 2.45) is 5.73 Å². The molecule has 0 spiro atoms. The van der Waals surface area contributed by atoms with Crippen LogP contribution in [0.2, 0.25) is 5.02 Å². The van der Waals surface area contributed by atoms with Gasteiger partial charge in [-0.15, -0.1) is 0 Å². The van der Waals surface area contributed by atoms with E-state index in [1.807, 2.05) is 4.68 Å². The average Bonchev–Trinajstić information content (AvgIpc) is 2.65. The van der Waals surface area contributed by atoms with Crippen molar-refractivity contribution in [1.82, 2.24) is 14.7 Å². The Balaban J connectivity index is 2.24. The molecule has 1 aromatic heterocycles. The van der Waals surface area contributed by atoms with Crippen molar-refractivity contribution in [3.8, 4) is 0 Å². The molecule has 5 heteroatoms. The highest BCUT2D eigenvalue weighted by atomic mass is 35.5. The zero-order chi connectivity index (χ0) is 14.8. The van der Waals surface area contributed by atoms with Gasteiger partial charge >= 0.3 is 0 Å². The van der Waals surface area contributed by atoms with Crippen molar-refractivity contribution in [1.29, 1.82) is 0 Å². The molecule has 0 saturated carbocycles. The maximum atomic E-state index is 6.59. The largest absolute Gasteiger partial charge is 0.321 e. The number of likely N-dealkylation sites (tertiary alicyclic amines) is 1. The van der Waals surface area contributed by atoms with E-state index in [0.29, 0.717) is 5.02 Å². The molecule has 1 aliphatic rings. The van der Waals surface area contributed by atoms with Crippen LogP contribution in [0.1, 0.15) is 58.2 Å². The fraction of sp³-hybridized carbons (Fsp3) is 0.800. The Bertz CT molecular complexity index is 433. The van der Waals surface area contributed by atoms with Gasteiger partial charge < -0.3 is 5.73 Å². The number of aryl methyl sites for hydroxylation is 1. The number of nitrogens with zero attached hydrogens (tertiary/aromatic N) is 3. The Kier molecular flexibility index (Phi) is 5.10. The highest BCUT2D eigenvalue weighted by molar-refractivity contribution is 6.31. The Morgan fingerprint density at radius 1 is 1.30 bits per heavy atom. The highest BCUT2D eigenvalue weighted by Crippen LogP contribution is 2.34. The van der Waals surface area contributed by atoms with Crippen LogP contribution in [0, 0.1) is 0 Å². The standard InChI is InChI=1S/C15H27ClN4/c1-4-20-13(12(16)11-18-20)14(17)15(2,3)19-9-7-5-6-8-10-19/h11,14H,4-10,17H2,1-3H3. The minimum absolute atomic E-state index is 0.110. The number of nitrogens with two attached hydrogens (primary N) is 1. The maximum absolute atomic E-state index is 6.59. The molecule has 114 valence electrons. The van der Waals surface area contributed by atoms with Gasteiger partial charge in [-0.3, -0.25) is 9.58 Å². The number of hydrogen-bond acceptors (Lipinski definition) is 3. The van der Waals surface area contributed by atoms with Crippen LogP contribution in [0.15, 0.2) is 6.20 Å². The lowest BCUT2D eigenvalue weighted by molar-refractivity contribution is 0.0949. The van der Waals surface area contributed by atoms with E-state index < -0.39 is 0 Å². The molecule has 4 nitrogen and oxygen atoms in total. The van der Waals surface area contributed by atoms with Crippen molar-refractivity contribution in [2.45, 2.75) is 64.6 Å². The molecule has 2 N–H and O–H groups in total. The van der Waals surface area contributed by atoms with Crippen LogP contribution >= 0.6 is 11.6 Å². The average molecular weight is 299 g/mol. The van der Waals surface area contributed by atoms with Crippen molar-refractivity contribution in [3.05, 3.63) is 16.9 Å². The van der Waals surface area contributed by atoms with Crippen LogP contribution in [-0.4, -0.2) is 33.3 Å². The lowest BCUT2D eigenvalue weighted by Crippen LogP contribution is -2.52. The number of hydrogen-bond donors (Lipinski definition) is 1. The Labute approximate surface area is 127 Å². The van der Waals surface area contributed by atoms with E-state index in [1.54, 1.807) is 6.20 Å². The molecule has 20 heavy (non-hydrogen) atoms. The molecule has 2 rings (SSSR count). The van der Waals surface area contributed by atoms with E-state index in [0.717, 1.165) is 25.3 Å². The van der Waals surface area contributed by atoms with Crippen molar-refractivity contribution < 1.29 is 0 Å². The van der Waals surface area contributed by atoms with Gasteiger partial charge in [0.25, 0.3) is 0 Å². The van der Waals surface area contributed by atoms with Gasteiger partial charge in [0, 0.05) is 12.1 Å². The molecule has 1 fully saturated rings.